The fourth-order valence-corrected chi connectivity index (χ4v) is 2.71. The van der Waals surface area contributed by atoms with Gasteiger partial charge in [-0.2, -0.15) is 5.10 Å². The fraction of sp³-hybridized carbons (Fsp3) is 0.0667. The number of hydrogen-bond donors (Lipinski definition) is 1. The van der Waals surface area contributed by atoms with Crippen LogP contribution in [0.15, 0.2) is 64.2 Å². The molecule has 2 aromatic rings. The number of benzene rings is 2. The number of thioether (sulfide) groups is 1. The molecule has 5 heteroatoms. The Morgan fingerprint density at radius 1 is 1.15 bits per heavy atom. The van der Waals surface area contributed by atoms with Crippen molar-refractivity contribution in [3.63, 3.8) is 0 Å². The van der Waals surface area contributed by atoms with Crippen molar-refractivity contribution in [2.75, 3.05) is 0 Å². The number of hydrazone groups is 1. The van der Waals surface area contributed by atoms with Gasteiger partial charge in [0, 0.05) is 15.8 Å². The van der Waals surface area contributed by atoms with Crippen molar-refractivity contribution < 1.29 is 0 Å². The largest absolute Gasteiger partial charge is 0.262 e. The van der Waals surface area contributed by atoms with Crippen molar-refractivity contribution in [1.29, 1.82) is 0 Å². The van der Waals surface area contributed by atoms with Gasteiger partial charge in [0.25, 0.3) is 0 Å². The van der Waals surface area contributed by atoms with Gasteiger partial charge in [0.15, 0.2) is 4.32 Å². The monoisotopic (exact) mass is 364 g/mol. The second kappa shape index (κ2) is 8.19. The summed E-state index contributed by atoms with van der Waals surface area (Å²) in [6, 6.07) is 18.1. The molecule has 0 fully saturated rings. The average Bonchev–Trinajstić information content (AvgIpc) is 2.48. The van der Waals surface area contributed by atoms with Gasteiger partial charge in [0.05, 0.1) is 6.21 Å². The predicted molar refractivity (Wildman–Crippen MR) is 95.2 cm³/mol. The lowest BCUT2D eigenvalue weighted by atomic mass is 10.2. The Balaban J connectivity index is 1.79. The lowest BCUT2D eigenvalue weighted by Gasteiger charge is -2.03. The quantitative estimate of drug-likeness (QED) is 0.487. The lowest BCUT2D eigenvalue weighted by Crippen LogP contribution is -2.11. The summed E-state index contributed by atoms with van der Waals surface area (Å²) in [4.78, 5) is 0. The van der Waals surface area contributed by atoms with E-state index in [9.17, 15) is 0 Å². The van der Waals surface area contributed by atoms with Crippen molar-refractivity contribution in [3.05, 3.63) is 70.2 Å². The SMILES string of the molecule is S=C(N/N=C/c1ccccc1Br)SCc1ccccc1. The Morgan fingerprint density at radius 2 is 1.85 bits per heavy atom. The van der Waals surface area contributed by atoms with Crippen LogP contribution >= 0.6 is 39.9 Å². The Bertz CT molecular complexity index is 600. The smallest absolute Gasteiger partial charge is 0.154 e. The van der Waals surface area contributed by atoms with E-state index in [1.165, 1.54) is 5.56 Å². The zero-order valence-electron chi connectivity index (χ0n) is 10.6. The third-order valence-corrected chi connectivity index (χ3v) is 4.48. The number of thiocarbonyl (C=S) groups is 1. The summed E-state index contributed by atoms with van der Waals surface area (Å²) in [6.07, 6.45) is 1.75. The van der Waals surface area contributed by atoms with Crippen LogP contribution < -0.4 is 5.43 Å². The van der Waals surface area contributed by atoms with E-state index in [1.54, 1.807) is 18.0 Å². The van der Waals surface area contributed by atoms with E-state index >= 15 is 0 Å². The maximum atomic E-state index is 5.23. The zero-order chi connectivity index (χ0) is 14.2. The topological polar surface area (TPSA) is 24.4 Å². The molecular weight excluding hydrogens is 352 g/mol. The molecule has 0 saturated carbocycles. The first-order valence-corrected chi connectivity index (χ1v) is 8.18. The highest BCUT2D eigenvalue weighted by Gasteiger charge is 1.98. The van der Waals surface area contributed by atoms with Crippen LogP contribution in [0.1, 0.15) is 11.1 Å². The molecule has 20 heavy (non-hydrogen) atoms. The van der Waals surface area contributed by atoms with Crippen molar-refractivity contribution in [2.45, 2.75) is 5.75 Å². The third-order valence-electron chi connectivity index (χ3n) is 2.48. The molecule has 0 spiro atoms. The first-order valence-electron chi connectivity index (χ1n) is 6.00. The summed E-state index contributed by atoms with van der Waals surface area (Å²) in [5, 5.41) is 4.15. The Morgan fingerprint density at radius 3 is 2.60 bits per heavy atom. The van der Waals surface area contributed by atoms with Crippen molar-refractivity contribution in [1.82, 2.24) is 5.43 Å². The van der Waals surface area contributed by atoms with Gasteiger partial charge >= 0.3 is 0 Å². The molecule has 2 nitrogen and oxygen atoms in total. The Kier molecular flexibility index (Phi) is 6.24. The van der Waals surface area contributed by atoms with Gasteiger partial charge in [0.1, 0.15) is 0 Å². The minimum atomic E-state index is 0.664. The standard InChI is InChI=1S/C15H13BrN2S2/c16-14-9-5-4-8-13(14)10-17-18-15(19)20-11-12-6-2-1-3-7-12/h1-10H,11H2,(H,18,19)/b17-10+. The number of halogens is 1. The van der Waals surface area contributed by atoms with Gasteiger partial charge < -0.3 is 0 Å². The Hall–Kier alpha value is -1.17. The molecule has 0 amide bonds. The van der Waals surface area contributed by atoms with E-state index in [-0.39, 0.29) is 0 Å². The summed E-state index contributed by atoms with van der Waals surface area (Å²) < 4.78 is 1.67. The van der Waals surface area contributed by atoms with Gasteiger partial charge in [-0.25, -0.2) is 0 Å². The van der Waals surface area contributed by atoms with E-state index in [0.717, 1.165) is 15.8 Å². The van der Waals surface area contributed by atoms with Gasteiger partial charge in [0.2, 0.25) is 0 Å². The minimum absolute atomic E-state index is 0.664. The highest BCUT2D eigenvalue weighted by atomic mass is 79.9. The van der Waals surface area contributed by atoms with Crippen LogP contribution in [0.3, 0.4) is 0 Å². The summed E-state index contributed by atoms with van der Waals surface area (Å²) in [7, 11) is 0. The van der Waals surface area contributed by atoms with E-state index in [0.29, 0.717) is 4.32 Å². The molecule has 2 rings (SSSR count). The molecule has 0 saturated heterocycles. The summed E-state index contributed by atoms with van der Waals surface area (Å²) in [6.45, 7) is 0. The zero-order valence-corrected chi connectivity index (χ0v) is 13.8. The average molecular weight is 365 g/mol. The van der Waals surface area contributed by atoms with Crippen LogP contribution in [0, 0.1) is 0 Å². The van der Waals surface area contributed by atoms with Crippen LogP contribution in [0.25, 0.3) is 0 Å². The summed E-state index contributed by atoms with van der Waals surface area (Å²) in [5.41, 5.74) is 5.13. The normalized spacial score (nSPS) is 10.7. The first-order chi connectivity index (χ1) is 9.75. The van der Waals surface area contributed by atoms with Gasteiger partial charge in [-0.3, -0.25) is 5.43 Å². The second-order valence-corrected chi connectivity index (χ2v) is 6.46. The van der Waals surface area contributed by atoms with Crippen LogP contribution in [0.5, 0.6) is 0 Å². The minimum Gasteiger partial charge on any atom is -0.262 e. The number of rotatable bonds is 4. The number of nitrogens with zero attached hydrogens (tertiary/aromatic N) is 1. The van der Waals surface area contributed by atoms with Crippen molar-refractivity contribution >= 4 is 50.4 Å². The molecule has 0 aliphatic rings. The molecule has 0 bridgehead atoms. The van der Waals surface area contributed by atoms with Crippen LogP contribution in [0.4, 0.5) is 0 Å². The van der Waals surface area contributed by atoms with Crippen LogP contribution in [0.2, 0.25) is 0 Å². The molecule has 0 aromatic heterocycles. The second-order valence-electron chi connectivity index (χ2n) is 3.95. The molecule has 0 aliphatic heterocycles. The summed E-state index contributed by atoms with van der Waals surface area (Å²) in [5.74, 6) is 0.844. The molecule has 0 unspecified atom stereocenters. The van der Waals surface area contributed by atoms with E-state index in [1.807, 2.05) is 42.5 Å². The van der Waals surface area contributed by atoms with Crippen LogP contribution in [-0.2, 0) is 5.75 Å². The molecule has 1 N–H and O–H groups in total. The van der Waals surface area contributed by atoms with E-state index in [4.69, 9.17) is 12.2 Å². The van der Waals surface area contributed by atoms with E-state index < -0.39 is 0 Å². The highest BCUT2D eigenvalue weighted by Crippen LogP contribution is 2.14. The fourth-order valence-electron chi connectivity index (χ4n) is 1.49. The van der Waals surface area contributed by atoms with Gasteiger partial charge in [-0.05, 0) is 11.6 Å². The molecular formula is C15H13BrN2S2. The Labute approximate surface area is 136 Å². The highest BCUT2D eigenvalue weighted by molar-refractivity contribution is 9.10. The van der Waals surface area contributed by atoms with Crippen molar-refractivity contribution in [2.24, 2.45) is 5.10 Å². The van der Waals surface area contributed by atoms with Gasteiger partial charge in [-0.15, -0.1) is 0 Å². The molecule has 0 atom stereocenters. The maximum absolute atomic E-state index is 5.23. The number of hydrogen-bond acceptors (Lipinski definition) is 3. The molecule has 2 aromatic carbocycles. The van der Waals surface area contributed by atoms with Crippen LogP contribution in [-0.4, -0.2) is 10.5 Å². The molecule has 0 heterocycles. The molecule has 0 aliphatic carbocycles. The molecule has 0 radical (unpaired) electrons. The predicted octanol–water partition coefficient (Wildman–Crippen LogP) is 4.59. The number of nitrogens with one attached hydrogen (secondary N) is 1. The van der Waals surface area contributed by atoms with Crippen molar-refractivity contribution in [3.8, 4) is 0 Å². The van der Waals surface area contributed by atoms with E-state index in [2.05, 4.69) is 38.6 Å². The summed E-state index contributed by atoms with van der Waals surface area (Å²) >= 11 is 10.3. The lowest BCUT2D eigenvalue weighted by molar-refractivity contribution is 1.07. The molecule has 102 valence electrons. The first kappa shape index (κ1) is 15.2. The third kappa shape index (κ3) is 5.07. The van der Waals surface area contributed by atoms with Gasteiger partial charge in [-0.1, -0.05) is 88.4 Å². The maximum Gasteiger partial charge on any atom is 0.154 e.